The van der Waals surface area contributed by atoms with E-state index in [-0.39, 0.29) is 5.91 Å². The normalized spacial score (nSPS) is 29.9. The lowest BCUT2D eigenvalue weighted by Gasteiger charge is -2.28. The van der Waals surface area contributed by atoms with Gasteiger partial charge < -0.3 is 4.90 Å². The number of rotatable bonds is 1. The van der Waals surface area contributed by atoms with Crippen molar-refractivity contribution in [2.75, 3.05) is 5.75 Å². The highest BCUT2D eigenvalue weighted by molar-refractivity contribution is 8.00. The summed E-state index contributed by atoms with van der Waals surface area (Å²) >= 11 is 1.88. The third-order valence-electron chi connectivity index (χ3n) is 2.39. The number of amides is 1. The van der Waals surface area contributed by atoms with Crippen LogP contribution in [-0.2, 0) is 4.79 Å². The molecule has 0 aromatic rings. The maximum Gasteiger partial charge on any atom is 0.220 e. The van der Waals surface area contributed by atoms with Gasteiger partial charge in [0.2, 0.25) is 5.91 Å². The van der Waals surface area contributed by atoms with E-state index in [0.717, 1.165) is 5.75 Å². The van der Waals surface area contributed by atoms with Crippen LogP contribution in [0.2, 0.25) is 0 Å². The Morgan fingerprint density at radius 3 is 2.50 bits per heavy atom. The number of carbonyl (C=O) groups excluding carboxylic acids is 1. The largest absolute Gasteiger partial charge is 0.327 e. The molecular formula is C9H17NOS. The fourth-order valence-corrected chi connectivity index (χ4v) is 3.16. The van der Waals surface area contributed by atoms with Crippen LogP contribution in [0.3, 0.4) is 0 Å². The van der Waals surface area contributed by atoms with Gasteiger partial charge in [0.25, 0.3) is 0 Å². The Morgan fingerprint density at radius 2 is 2.17 bits per heavy atom. The van der Waals surface area contributed by atoms with E-state index in [2.05, 4.69) is 20.8 Å². The standard InChI is InChI=1S/C9H17NOS/c1-6(2)9-5-12-8(4)10(9)7(3)11/h6,8-9H,5H2,1-4H3. The molecule has 0 bridgehead atoms. The number of carbonyl (C=O) groups is 1. The number of nitrogens with zero attached hydrogens (tertiary/aromatic N) is 1. The number of thioether (sulfide) groups is 1. The first-order chi connectivity index (χ1) is 5.54. The van der Waals surface area contributed by atoms with E-state index >= 15 is 0 Å². The number of hydrogen-bond donors (Lipinski definition) is 0. The first-order valence-electron chi connectivity index (χ1n) is 4.44. The van der Waals surface area contributed by atoms with Gasteiger partial charge in [0.05, 0.1) is 5.37 Å². The molecule has 0 saturated carbocycles. The van der Waals surface area contributed by atoms with Crippen LogP contribution in [0, 0.1) is 5.92 Å². The zero-order valence-electron chi connectivity index (χ0n) is 8.20. The van der Waals surface area contributed by atoms with Crippen LogP contribution in [0.25, 0.3) is 0 Å². The predicted molar refractivity (Wildman–Crippen MR) is 53.1 cm³/mol. The van der Waals surface area contributed by atoms with Crippen LogP contribution in [0.5, 0.6) is 0 Å². The van der Waals surface area contributed by atoms with Crippen LogP contribution in [0.1, 0.15) is 27.7 Å². The van der Waals surface area contributed by atoms with Gasteiger partial charge in [-0.05, 0) is 12.8 Å². The van der Waals surface area contributed by atoms with Crippen LogP contribution in [-0.4, -0.2) is 28.0 Å². The van der Waals surface area contributed by atoms with Gasteiger partial charge in [-0.15, -0.1) is 11.8 Å². The lowest BCUT2D eigenvalue weighted by Crippen LogP contribution is -2.41. The monoisotopic (exact) mass is 187 g/mol. The van der Waals surface area contributed by atoms with Gasteiger partial charge in [-0.1, -0.05) is 13.8 Å². The maximum atomic E-state index is 11.3. The van der Waals surface area contributed by atoms with Crippen molar-refractivity contribution in [3.8, 4) is 0 Å². The summed E-state index contributed by atoms with van der Waals surface area (Å²) in [5.41, 5.74) is 0. The second kappa shape index (κ2) is 3.69. The fourth-order valence-electron chi connectivity index (χ4n) is 1.67. The fraction of sp³-hybridized carbons (Fsp3) is 0.889. The lowest BCUT2D eigenvalue weighted by molar-refractivity contribution is -0.131. The zero-order valence-corrected chi connectivity index (χ0v) is 9.02. The van der Waals surface area contributed by atoms with E-state index in [1.165, 1.54) is 0 Å². The SMILES string of the molecule is CC(=O)N1C(C)SCC1C(C)C. The summed E-state index contributed by atoms with van der Waals surface area (Å²) in [4.78, 5) is 13.3. The second-order valence-corrected chi connectivity index (χ2v) is 5.02. The molecule has 1 fully saturated rings. The first-order valence-corrected chi connectivity index (χ1v) is 5.49. The van der Waals surface area contributed by atoms with Gasteiger partial charge in [-0.25, -0.2) is 0 Å². The Hall–Kier alpha value is -0.180. The lowest BCUT2D eigenvalue weighted by atomic mass is 10.0. The molecule has 2 nitrogen and oxygen atoms in total. The number of hydrogen-bond acceptors (Lipinski definition) is 2. The van der Waals surface area contributed by atoms with Crippen molar-refractivity contribution in [3.63, 3.8) is 0 Å². The molecule has 1 aliphatic rings. The molecule has 2 atom stereocenters. The average molecular weight is 187 g/mol. The molecule has 1 aliphatic heterocycles. The highest BCUT2D eigenvalue weighted by atomic mass is 32.2. The molecule has 0 radical (unpaired) electrons. The van der Waals surface area contributed by atoms with Crippen molar-refractivity contribution in [1.82, 2.24) is 4.90 Å². The third kappa shape index (κ3) is 1.76. The third-order valence-corrected chi connectivity index (χ3v) is 3.63. The summed E-state index contributed by atoms with van der Waals surface area (Å²) in [5.74, 6) is 1.89. The molecule has 12 heavy (non-hydrogen) atoms. The summed E-state index contributed by atoms with van der Waals surface area (Å²) in [5, 5.41) is 0.370. The Bertz CT molecular complexity index is 181. The minimum atomic E-state index is 0.214. The molecular weight excluding hydrogens is 170 g/mol. The quantitative estimate of drug-likeness (QED) is 0.625. The molecule has 1 heterocycles. The Morgan fingerprint density at radius 1 is 1.58 bits per heavy atom. The van der Waals surface area contributed by atoms with Crippen molar-refractivity contribution < 1.29 is 4.79 Å². The van der Waals surface area contributed by atoms with Crippen LogP contribution in [0.15, 0.2) is 0 Å². The molecule has 0 N–H and O–H groups in total. The van der Waals surface area contributed by atoms with E-state index in [1.54, 1.807) is 6.92 Å². The van der Waals surface area contributed by atoms with Gasteiger partial charge >= 0.3 is 0 Å². The molecule has 2 unspecified atom stereocenters. The molecule has 1 rings (SSSR count). The maximum absolute atomic E-state index is 11.3. The molecule has 0 aromatic heterocycles. The molecule has 1 saturated heterocycles. The van der Waals surface area contributed by atoms with E-state index < -0.39 is 0 Å². The van der Waals surface area contributed by atoms with Crippen molar-refractivity contribution >= 4 is 17.7 Å². The van der Waals surface area contributed by atoms with E-state index in [0.29, 0.717) is 17.3 Å². The van der Waals surface area contributed by atoms with Crippen LogP contribution >= 0.6 is 11.8 Å². The molecule has 3 heteroatoms. The zero-order chi connectivity index (χ0) is 9.30. The highest BCUT2D eigenvalue weighted by Gasteiger charge is 2.34. The topological polar surface area (TPSA) is 20.3 Å². The molecule has 0 aromatic carbocycles. The van der Waals surface area contributed by atoms with Crippen molar-refractivity contribution in [1.29, 1.82) is 0 Å². The highest BCUT2D eigenvalue weighted by Crippen LogP contribution is 2.32. The van der Waals surface area contributed by atoms with Gasteiger partial charge in [-0.2, -0.15) is 0 Å². The summed E-state index contributed by atoms with van der Waals surface area (Å²) < 4.78 is 0. The van der Waals surface area contributed by atoms with E-state index in [1.807, 2.05) is 16.7 Å². The molecule has 70 valence electrons. The molecule has 0 spiro atoms. The van der Waals surface area contributed by atoms with Crippen molar-refractivity contribution in [2.45, 2.75) is 39.1 Å². The average Bonchev–Trinajstić information content (AvgIpc) is 2.30. The van der Waals surface area contributed by atoms with Gasteiger partial charge in [0.15, 0.2) is 0 Å². The van der Waals surface area contributed by atoms with Gasteiger partial charge in [0, 0.05) is 18.7 Å². The van der Waals surface area contributed by atoms with Gasteiger partial charge in [0.1, 0.15) is 0 Å². The molecule has 0 aliphatic carbocycles. The summed E-state index contributed by atoms with van der Waals surface area (Å²) in [7, 11) is 0. The summed E-state index contributed by atoms with van der Waals surface area (Å²) in [6.07, 6.45) is 0. The Balaban J connectivity index is 2.70. The minimum Gasteiger partial charge on any atom is -0.327 e. The van der Waals surface area contributed by atoms with E-state index in [9.17, 15) is 4.79 Å². The van der Waals surface area contributed by atoms with Crippen molar-refractivity contribution in [2.24, 2.45) is 5.92 Å². The van der Waals surface area contributed by atoms with E-state index in [4.69, 9.17) is 0 Å². The summed E-state index contributed by atoms with van der Waals surface area (Å²) in [6.45, 7) is 8.13. The predicted octanol–water partition coefficient (Wildman–Crippen LogP) is 1.95. The Kier molecular flexibility index (Phi) is 3.04. The van der Waals surface area contributed by atoms with Crippen LogP contribution < -0.4 is 0 Å². The van der Waals surface area contributed by atoms with Crippen molar-refractivity contribution in [3.05, 3.63) is 0 Å². The molecule has 1 amide bonds. The summed E-state index contributed by atoms with van der Waals surface area (Å²) in [6, 6.07) is 0.447. The smallest absolute Gasteiger partial charge is 0.220 e. The first kappa shape index (κ1) is 9.90. The Labute approximate surface area is 78.7 Å². The second-order valence-electron chi connectivity index (χ2n) is 3.67. The van der Waals surface area contributed by atoms with Gasteiger partial charge in [-0.3, -0.25) is 4.79 Å². The minimum absolute atomic E-state index is 0.214. The van der Waals surface area contributed by atoms with Crippen LogP contribution in [0.4, 0.5) is 0 Å².